The topological polar surface area (TPSA) is 31.0 Å². The average Bonchev–Trinajstić information content (AvgIpc) is 2.69. The number of aryl methyl sites for hydroxylation is 1. The smallest absolute Gasteiger partial charge is 0.269 e. The van der Waals surface area contributed by atoms with Gasteiger partial charge < -0.3 is 17.0 Å². The van der Waals surface area contributed by atoms with Crippen LogP contribution in [0.2, 0.25) is 0 Å². The van der Waals surface area contributed by atoms with E-state index in [0.29, 0.717) is 12.5 Å². The summed E-state index contributed by atoms with van der Waals surface area (Å²) in [5, 5.41) is 11.5. The Morgan fingerprint density at radius 1 is 0.808 bits per heavy atom. The van der Waals surface area contributed by atoms with Crippen LogP contribution in [0.25, 0.3) is 0 Å². The second-order valence-corrected chi connectivity index (χ2v) is 6.00. The first kappa shape index (κ1) is 18.0. The standard InChI is InChI=1S/C21H19N4.BrH/c1-17-12-14-20(15-13-17)25-16-24(19-10-6-3-7-11-19)22-21(23-25)18-8-4-2-5-9-18;/h2-15H,16H2,1H3;1H/q+1;/p-1. The molecule has 1 aliphatic heterocycles. The Bertz CT molecular complexity index is 919. The molecule has 0 bridgehead atoms. The van der Waals surface area contributed by atoms with Crippen LogP contribution in [-0.4, -0.2) is 17.2 Å². The third-order valence-corrected chi connectivity index (χ3v) is 4.12. The molecule has 0 radical (unpaired) electrons. The van der Waals surface area contributed by atoms with E-state index in [1.807, 2.05) is 58.2 Å². The van der Waals surface area contributed by atoms with Gasteiger partial charge in [-0.15, -0.1) is 5.10 Å². The number of para-hydroxylation sites is 1. The lowest BCUT2D eigenvalue weighted by Gasteiger charge is -2.20. The molecule has 0 fully saturated rings. The van der Waals surface area contributed by atoms with E-state index in [9.17, 15) is 0 Å². The van der Waals surface area contributed by atoms with E-state index in [4.69, 9.17) is 10.2 Å². The number of hydrogen-bond acceptors (Lipinski definition) is 3. The summed E-state index contributed by atoms with van der Waals surface area (Å²) in [4.78, 5) is 0. The monoisotopic (exact) mass is 406 g/mol. The van der Waals surface area contributed by atoms with E-state index >= 15 is 0 Å². The molecule has 0 amide bonds. The minimum Gasteiger partial charge on any atom is -1.00 e. The average molecular weight is 407 g/mol. The van der Waals surface area contributed by atoms with Crippen LogP contribution in [0.1, 0.15) is 11.1 Å². The van der Waals surface area contributed by atoms with Gasteiger partial charge in [0.15, 0.2) is 0 Å². The first-order chi connectivity index (χ1) is 12.3. The molecule has 0 unspecified atom stereocenters. The van der Waals surface area contributed by atoms with Crippen LogP contribution in [0.15, 0.2) is 95.1 Å². The summed E-state index contributed by atoms with van der Waals surface area (Å²) < 4.78 is 1.99. The molecule has 0 aliphatic carbocycles. The van der Waals surface area contributed by atoms with Gasteiger partial charge in [0, 0.05) is 22.8 Å². The highest BCUT2D eigenvalue weighted by molar-refractivity contribution is 5.99. The number of rotatable bonds is 3. The fourth-order valence-electron chi connectivity index (χ4n) is 2.74. The van der Waals surface area contributed by atoms with E-state index in [2.05, 4.69) is 43.3 Å². The van der Waals surface area contributed by atoms with E-state index in [1.165, 1.54) is 5.56 Å². The van der Waals surface area contributed by atoms with Crippen molar-refractivity contribution in [2.45, 2.75) is 6.92 Å². The van der Waals surface area contributed by atoms with Gasteiger partial charge in [-0.1, -0.05) is 70.9 Å². The maximum Gasteiger partial charge on any atom is 0.269 e. The van der Waals surface area contributed by atoms with Crippen molar-refractivity contribution in [1.82, 2.24) is 0 Å². The lowest BCUT2D eigenvalue weighted by molar-refractivity contribution is -0.508. The number of hydrazone groups is 1. The number of nitrogens with zero attached hydrogens (tertiary/aromatic N) is 4. The molecule has 0 spiro atoms. The van der Waals surface area contributed by atoms with Gasteiger partial charge in [0.1, 0.15) is 0 Å². The Morgan fingerprint density at radius 3 is 2.08 bits per heavy atom. The van der Waals surface area contributed by atoms with Crippen molar-refractivity contribution in [3.05, 3.63) is 96.1 Å². The number of halogens is 1. The van der Waals surface area contributed by atoms with Gasteiger partial charge in [-0.25, -0.2) is 5.01 Å². The zero-order chi connectivity index (χ0) is 17.1. The van der Waals surface area contributed by atoms with Crippen LogP contribution in [0.4, 0.5) is 11.4 Å². The molecule has 0 N–H and O–H groups in total. The van der Waals surface area contributed by atoms with Crippen molar-refractivity contribution >= 4 is 17.2 Å². The summed E-state index contributed by atoms with van der Waals surface area (Å²) in [6.07, 6.45) is 0. The molecule has 4 rings (SSSR count). The number of azo groups is 2. The van der Waals surface area contributed by atoms with Crippen molar-refractivity contribution in [3.8, 4) is 0 Å². The van der Waals surface area contributed by atoms with Crippen LogP contribution in [0.3, 0.4) is 0 Å². The molecule has 26 heavy (non-hydrogen) atoms. The number of amidine groups is 1. The zero-order valence-electron chi connectivity index (χ0n) is 14.5. The van der Waals surface area contributed by atoms with Crippen LogP contribution >= 0.6 is 0 Å². The molecule has 0 saturated carbocycles. The van der Waals surface area contributed by atoms with Crippen LogP contribution in [0.5, 0.6) is 0 Å². The lowest BCUT2D eigenvalue weighted by Crippen LogP contribution is -3.00. The molecule has 1 aliphatic rings. The second kappa shape index (κ2) is 8.06. The predicted molar refractivity (Wildman–Crippen MR) is 100 cm³/mol. The summed E-state index contributed by atoms with van der Waals surface area (Å²) >= 11 is 0. The van der Waals surface area contributed by atoms with Gasteiger partial charge in [-0.2, -0.15) is 0 Å². The zero-order valence-corrected chi connectivity index (χ0v) is 16.0. The Labute approximate surface area is 163 Å². The molecule has 5 heteroatoms. The third-order valence-electron chi connectivity index (χ3n) is 4.12. The highest BCUT2D eigenvalue weighted by Crippen LogP contribution is 2.22. The maximum atomic E-state index is 4.77. The fourth-order valence-corrected chi connectivity index (χ4v) is 2.74. The third kappa shape index (κ3) is 3.89. The van der Waals surface area contributed by atoms with E-state index in [1.54, 1.807) is 0 Å². The van der Waals surface area contributed by atoms with E-state index in [0.717, 1.165) is 16.9 Å². The Hall–Kier alpha value is -2.79. The lowest BCUT2D eigenvalue weighted by atomic mass is 10.2. The van der Waals surface area contributed by atoms with Crippen molar-refractivity contribution in [2.24, 2.45) is 10.2 Å². The maximum absolute atomic E-state index is 4.77. The first-order valence-corrected chi connectivity index (χ1v) is 8.32. The van der Waals surface area contributed by atoms with Gasteiger partial charge in [0.25, 0.3) is 6.67 Å². The normalized spacial score (nSPS) is 13.5. The predicted octanol–water partition coefficient (Wildman–Crippen LogP) is 1.93. The molecule has 0 saturated heterocycles. The van der Waals surface area contributed by atoms with Crippen molar-refractivity contribution in [3.63, 3.8) is 0 Å². The van der Waals surface area contributed by atoms with Crippen molar-refractivity contribution in [2.75, 3.05) is 11.7 Å². The molecular formula is C21H19BrN4. The highest BCUT2D eigenvalue weighted by Gasteiger charge is 2.25. The largest absolute Gasteiger partial charge is 1.00 e. The molecular weight excluding hydrogens is 388 g/mol. The van der Waals surface area contributed by atoms with E-state index in [-0.39, 0.29) is 17.0 Å². The minimum atomic E-state index is 0. The number of anilines is 1. The van der Waals surface area contributed by atoms with Gasteiger partial charge >= 0.3 is 0 Å². The van der Waals surface area contributed by atoms with Gasteiger partial charge in [-0.05, 0) is 19.1 Å². The van der Waals surface area contributed by atoms with Crippen LogP contribution in [0, 0.1) is 6.92 Å². The quantitative estimate of drug-likeness (QED) is 0.611. The molecule has 4 nitrogen and oxygen atoms in total. The molecule has 3 aromatic rings. The minimum absolute atomic E-state index is 0. The summed E-state index contributed by atoms with van der Waals surface area (Å²) in [5.41, 5.74) is 4.33. The van der Waals surface area contributed by atoms with Crippen molar-refractivity contribution in [1.29, 1.82) is 0 Å². The molecule has 0 atom stereocenters. The summed E-state index contributed by atoms with van der Waals surface area (Å²) in [5.74, 6) is 0.705. The van der Waals surface area contributed by atoms with Crippen LogP contribution < -0.4 is 22.0 Å². The fraction of sp³-hybridized carbons (Fsp3) is 0.0952. The first-order valence-electron chi connectivity index (χ1n) is 8.32. The number of benzene rings is 3. The van der Waals surface area contributed by atoms with Gasteiger partial charge in [0.05, 0.1) is 5.69 Å². The second-order valence-electron chi connectivity index (χ2n) is 6.00. The molecule has 0 aromatic heterocycles. The van der Waals surface area contributed by atoms with Gasteiger partial charge in [0.2, 0.25) is 11.5 Å². The summed E-state index contributed by atoms with van der Waals surface area (Å²) in [6, 6.07) is 28.6. The van der Waals surface area contributed by atoms with Crippen molar-refractivity contribution < 1.29 is 21.7 Å². The molecule has 3 aromatic carbocycles. The Morgan fingerprint density at radius 2 is 1.42 bits per heavy atom. The van der Waals surface area contributed by atoms with Crippen LogP contribution in [-0.2, 0) is 0 Å². The Kier molecular flexibility index (Phi) is 5.58. The van der Waals surface area contributed by atoms with E-state index < -0.39 is 0 Å². The SMILES string of the molecule is Cc1ccc([N+]2=NC(c3ccccc3)=NN(c3ccccc3)C2)cc1.[Br-]. The molecule has 130 valence electrons. The van der Waals surface area contributed by atoms with Gasteiger partial charge in [-0.3, -0.25) is 0 Å². The summed E-state index contributed by atoms with van der Waals surface area (Å²) in [7, 11) is 0. The number of hydrogen-bond donors (Lipinski definition) is 0. The Balaban J connectivity index is 0.00000196. The summed E-state index contributed by atoms with van der Waals surface area (Å²) in [6.45, 7) is 2.66. The molecule has 1 heterocycles. The highest BCUT2D eigenvalue weighted by atomic mass is 79.9.